The van der Waals surface area contributed by atoms with E-state index in [0.717, 1.165) is 11.5 Å². The zero-order valence-electron chi connectivity index (χ0n) is 12.3. The van der Waals surface area contributed by atoms with Crippen LogP contribution >= 0.6 is 0 Å². The van der Waals surface area contributed by atoms with Gasteiger partial charge in [0.1, 0.15) is 5.82 Å². The minimum absolute atomic E-state index is 0.0761. The van der Waals surface area contributed by atoms with Crippen molar-refractivity contribution >= 4 is 5.97 Å². The number of nitrogens with zero attached hydrogens (tertiary/aromatic N) is 5. The van der Waals surface area contributed by atoms with Crippen molar-refractivity contribution in [2.75, 3.05) is 0 Å². The van der Waals surface area contributed by atoms with E-state index < -0.39 is 5.97 Å². The van der Waals surface area contributed by atoms with Crippen LogP contribution in [0.25, 0.3) is 5.69 Å². The Kier molecular flexibility index (Phi) is 3.69. The van der Waals surface area contributed by atoms with Gasteiger partial charge < -0.3 is 9.30 Å². The normalized spacial score (nSPS) is 10.6. The van der Waals surface area contributed by atoms with Crippen LogP contribution in [0.2, 0.25) is 0 Å². The quantitative estimate of drug-likeness (QED) is 0.685. The maximum absolute atomic E-state index is 12.0. The van der Waals surface area contributed by atoms with Gasteiger partial charge in [0.15, 0.2) is 12.4 Å². The Morgan fingerprint density at radius 2 is 2.00 bits per heavy atom. The van der Waals surface area contributed by atoms with E-state index >= 15 is 0 Å². The molecule has 3 aromatic rings. The number of carbonyl (C=O) groups is 1. The molecule has 7 heteroatoms. The van der Waals surface area contributed by atoms with Gasteiger partial charge in [0.05, 0.1) is 17.4 Å². The molecule has 7 nitrogen and oxygen atoms in total. The summed E-state index contributed by atoms with van der Waals surface area (Å²) in [7, 11) is 1.83. The van der Waals surface area contributed by atoms with Crippen LogP contribution in [0.15, 0.2) is 42.7 Å². The topological polar surface area (TPSA) is 74.8 Å². The number of para-hydroxylation sites is 1. The summed E-state index contributed by atoms with van der Waals surface area (Å²) >= 11 is 0. The van der Waals surface area contributed by atoms with Crippen LogP contribution in [0.4, 0.5) is 0 Å². The predicted octanol–water partition coefficient (Wildman–Crippen LogP) is 1.67. The van der Waals surface area contributed by atoms with Gasteiger partial charge in [-0.3, -0.25) is 0 Å². The van der Waals surface area contributed by atoms with E-state index in [9.17, 15) is 4.79 Å². The summed E-state index contributed by atoms with van der Waals surface area (Å²) in [5.74, 6) is 0.923. The Labute approximate surface area is 127 Å². The summed E-state index contributed by atoms with van der Waals surface area (Å²) in [4.78, 5) is 12.0. The molecule has 0 unspecified atom stereocenters. The lowest BCUT2D eigenvalue weighted by molar-refractivity contribution is 0.0458. The average Bonchev–Trinajstić information content (AvgIpc) is 3.15. The molecule has 0 atom stereocenters. The van der Waals surface area contributed by atoms with E-state index in [2.05, 4.69) is 15.3 Å². The molecule has 0 bridgehead atoms. The first-order valence-corrected chi connectivity index (χ1v) is 6.77. The molecule has 3 rings (SSSR count). The number of hydrogen-bond donors (Lipinski definition) is 0. The predicted molar refractivity (Wildman–Crippen MR) is 78.4 cm³/mol. The average molecular weight is 297 g/mol. The number of carbonyl (C=O) groups excluding carboxylic acids is 1. The van der Waals surface area contributed by atoms with Crippen molar-refractivity contribution in [2.45, 2.75) is 13.5 Å². The molecule has 0 saturated carbocycles. The fourth-order valence-electron chi connectivity index (χ4n) is 1.94. The largest absolute Gasteiger partial charge is 0.454 e. The van der Waals surface area contributed by atoms with E-state index in [1.54, 1.807) is 15.4 Å². The fraction of sp³-hybridized carbons (Fsp3) is 0.200. The number of ether oxygens (including phenoxy) is 1. The highest BCUT2D eigenvalue weighted by Gasteiger charge is 2.13. The van der Waals surface area contributed by atoms with Crippen molar-refractivity contribution in [1.82, 2.24) is 24.5 Å². The first kappa shape index (κ1) is 14.0. The number of hydrogen-bond acceptors (Lipinski definition) is 5. The molecular formula is C15H15N5O2. The molecule has 0 aliphatic carbocycles. The van der Waals surface area contributed by atoms with Gasteiger partial charge in [-0.2, -0.15) is 5.10 Å². The first-order valence-electron chi connectivity index (χ1n) is 6.77. The van der Waals surface area contributed by atoms with Crippen molar-refractivity contribution in [3.8, 4) is 5.69 Å². The van der Waals surface area contributed by atoms with Gasteiger partial charge >= 0.3 is 5.97 Å². The highest BCUT2D eigenvalue weighted by molar-refractivity contribution is 5.88. The van der Waals surface area contributed by atoms with E-state index in [1.165, 1.54) is 6.20 Å². The van der Waals surface area contributed by atoms with Crippen molar-refractivity contribution in [3.05, 3.63) is 59.9 Å². The molecule has 112 valence electrons. The standard InChI is InChI=1S/C15H15N5O2/c1-11-17-18-14(19(11)2)10-22-15(21)12-8-16-20(9-12)13-6-4-3-5-7-13/h3-9H,10H2,1-2H3. The van der Waals surface area contributed by atoms with Crippen molar-refractivity contribution in [3.63, 3.8) is 0 Å². The fourth-order valence-corrected chi connectivity index (χ4v) is 1.94. The van der Waals surface area contributed by atoms with E-state index in [4.69, 9.17) is 4.74 Å². The molecular weight excluding hydrogens is 282 g/mol. The van der Waals surface area contributed by atoms with Gasteiger partial charge in [-0.15, -0.1) is 10.2 Å². The number of rotatable bonds is 4. The second-order valence-electron chi connectivity index (χ2n) is 4.81. The zero-order valence-corrected chi connectivity index (χ0v) is 12.3. The Bertz CT molecular complexity index is 791. The van der Waals surface area contributed by atoms with Crippen LogP contribution in [-0.4, -0.2) is 30.5 Å². The third-order valence-electron chi connectivity index (χ3n) is 3.35. The van der Waals surface area contributed by atoms with Gasteiger partial charge in [-0.1, -0.05) is 18.2 Å². The Morgan fingerprint density at radius 1 is 1.23 bits per heavy atom. The van der Waals surface area contributed by atoms with Crippen LogP contribution in [-0.2, 0) is 18.4 Å². The van der Waals surface area contributed by atoms with Gasteiger partial charge in [0, 0.05) is 13.2 Å². The number of aryl methyl sites for hydroxylation is 1. The summed E-state index contributed by atoms with van der Waals surface area (Å²) in [5, 5.41) is 12.0. The Morgan fingerprint density at radius 3 is 2.68 bits per heavy atom. The van der Waals surface area contributed by atoms with Crippen molar-refractivity contribution < 1.29 is 9.53 Å². The lowest BCUT2D eigenvalue weighted by Crippen LogP contribution is -2.08. The first-order chi connectivity index (χ1) is 10.6. The lowest BCUT2D eigenvalue weighted by Gasteiger charge is -2.03. The zero-order chi connectivity index (χ0) is 15.5. The highest BCUT2D eigenvalue weighted by atomic mass is 16.5. The molecule has 0 radical (unpaired) electrons. The smallest absolute Gasteiger partial charge is 0.341 e. The van der Waals surface area contributed by atoms with Crippen LogP contribution in [0.1, 0.15) is 22.0 Å². The van der Waals surface area contributed by atoms with Crippen LogP contribution in [0.5, 0.6) is 0 Å². The molecule has 1 aromatic carbocycles. The van der Waals surface area contributed by atoms with E-state index in [-0.39, 0.29) is 6.61 Å². The van der Waals surface area contributed by atoms with Crippen LogP contribution in [0.3, 0.4) is 0 Å². The summed E-state index contributed by atoms with van der Waals surface area (Å²) in [5.41, 5.74) is 1.27. The van der Waals surface area contributed by atoms with Crippen molar-refractivity contribution in [1.29, 1.82) is 0 Å². The maximum atomic E-state index is 12.0. The van der Waals surface area contributed by atoms with Gasteiger partial charge in [-0.05, 0) is 19.1 Å². The number of benzene rings is 1. The summed E-state index contributed by atoms with van der Waals surface area (Å²) in [6.45, 7) is 1.91. The molecule has 0 aliphatic rings. The van der Waals surface area contributed by atoms with Gasteiger partial charge in [-0.25, -0.2) is 9.48 Å². The molecule has 0 N–H and O–H groups in total. The maximum Gasteiger partial charge on any atom is 0.341 e. The molecule has 2 aromatic heterocycles. The van der Waals surface area contributed by atoms with Crippen molar-refractivity contribution in [2.24, 2.45) is 7.05 Å². The van der Waals surface area contributed by atoms with Gasteiger partial charge in [0.25, 0.3) is 0 Å². The summed E-state index contributed by atoms with van der Waals surface area (Å²) in [6, 6.07) is 9.55. The third kappa shape index (κ3) is 2.73. The van der Waals surface area contributed by atoms with Gasteiger partial charge in [0.2, 0.25) is 0 Å². The van der Waals surface area contributed by atoms with E-state index in [1.807, 2.05) is 44.3 Å². The Hall–Kier alpha value is -2.96. The third-order valence-corrected chi connectivity index (χ3v) is 3.35. The molecule has 0 amide bonds. The molecule has 0 aliphatic heterocycles. The molecule has 22 heavy (non-hydrogen) atoms. The number of aromatic nitrogens is 5. The molecule has 2 heterocycles. The SMILES string of the molecule is Cc1nnc(COC(=O)c2cnn(-c3ccccc3)c2)n1C. The van der Waals surface area contributed by atoms with E-state index in [0.29, 0.717) is 11.4 Å². The molecule has 0 saturated heterocycles. The Balaban J connectivity index is 1.68. The minimum atomic E-state index is -0.442. The second kappa shape index (κ2) is 5.80. The molecule has 0 fully saturated rings. The monoisotopic (exact) mass is 297 g/mol. The van der Waals surface area contributed by atoms with Crippen LogP contribution in [0, 0.1) is 6.92 Å². The second-order valence-corrected chi connectivity index (χ2v) is 4.81. The van der Waals surface area contributed by atoms with Crippen LogP contribution < -0.4 is 0 Å². The summed E-state index contributed by atoms with van der Waals surface area (Å²) in [6.07, 6.45) is 3.12. The highest BCUT2D eigenvalue weighted by Crippen LogP contribution is 2.09. The molecule has 0 spiro atoms. The number of esters is 1. The minimum Gasteiger partial charge on any atom is -0.454 e. The lowest BCUT2D eigenvalue weighted by atomic mass is 10.3. The summed E-state index contributed by atoms with van der Waals surface area (Å²) < 4.78 is 8.65.